The monoisotopic (exact) mass is 227 g/mol. The minimum Gasteiger partial charge on any atom is -0.481 e. The molecular formula is C14H13NO2. The van der Waals surface area contributed by atoms with Crippen LogP contribution in [0, 0.1) is 6.92 Å². The molecule has 17 heavy (non-hydrogen) atoms. The highest BCUT2D eigenvalue weighted by Crippen LogP contribution is 2.30. The summed E-state index contributed by atoms with van der Waals surface area (Å²) in [5.74, 6) is 0.527. The van der Waals surface area contributed by atoms with Crippen LogP contribution in [0.25, 0.3) is 11.1 Å². The fourth-order valence-corrected chi connectivity index (χ4v) is 1.78. The average molecular weight is 227 g/mol. The highest BCUT2D eigenvalue weighted by molar-refractivity contribution is 5.89. The van der Waals surface area contributed by atoms with Gasteiger partial charge in [-0.1, -0.05) is 17.7 Å². The molecule has 0 atom stereocenters. The van der Waals surface area contributed by atoms with E-state index in [1.165, 1.54) is 0 Å². The zero-order chi connectivity index (χ0) is 12.3. The van der Waals surface area contributed by atoms with Gasteiger partial charge in [-0.15, -0.1) is 0 Å². The van der Waals surface area contributed by atoms with Crippen LogP contribution in [-0.4, -0.2) is 18.4 Å². The molecule has 1 aromatic carbocycles. The van der Waals surface area contributed by atoms with Crippen LogP contribution in [0.1, 0.15) is 15.9 Å². The topological polar surface area (TPSA) is 39.2 Å². The van der Waals surface area contributed by atoms with Gasteiger partial charge in [-0.25, -0.2) is 4.98 Å². The third kappa shape index (κ3) is 2.18. The fraction of sp³-hybridized carbons (Fsp3) is 0.143. The van der Waals surface area contributed by atoms with Crippen molar-refractivity contribution in [1.82, 2.24) is 4.98 Å². The third-order valence-electron chi connectivity index (χ3n) is 2.59. The van der Waals surface area contributed by atoms with Gasteiger partial charge in [0.25, 0.3) is 0 Å². The molecule has 0 fully saturated rings. The number of hydrogen-bond acceptors (Lipinski definition) is 3. The maximum atomic E-state index is 11.1. The Labute approximate surface area is 100 Å². The number of benzene rings is 1. The Morgan fingerprint density at radius 3 is 2.76 bits per heavy atom. The summed E-state index contributed by atoms with van der Waals surface area (Å²) in [4.78, 5) is 15.2. The number of aromatic nitrogens is 1. The molecule has 0 amide bonds. The molecule has 0 unspecified atom stereocenters. The van der Waals surface area contributed by atoms with Crippen LogP contribution >= 0.6 is 0 Å². The minimum atomic E-state index is 0.527. The lowest BCUT2D eigenvalue weighted by molar-refractivity contribution is 0.112. The molecule has 0 aliphatic rings. The van der Waals surface area contributed by atoms with Crippen LogP contribution in [0.15, 0.2) is 36.5 Å². The molecule has 3 heteroatoms. The molecule has 86 valence electrons. The van der Waals surface area contributed by atoms with Crippen molar-refractivity contribution in [1.29, 1.82) is 0 Å². The van der Waals surface area contributed by atoms with Crippen molar-refractivity contribution < 1.29 is 9.53 Å². The van der Waals surface area contributed by atoms with Crippen molar-refractivity contribution in [3.8, 4) is 17.0 Å². The Balaban J connectivity index is 2.63. The second-order valence-electron chi connectivity index (χ2n) is 3.77. The van der Waals surface area contributed by atoms with Crippen molar-refractivity contribution in [2.75, 3.05) is 7.11 Å². The van der Waals surface area contributed by atoms with E-state index in [0.717, 1.165) is 23.0 Å². The molecule has 0 radical (unpaired) electrons. The number of methoxy groups -OCH3 is 1. The van der Waals surface area contributed by atoms with Gasteiger partial charge in [0.05, 0.1) is 7.11 Å². The van der Waals surface area contributed by atoms with E-state index in [-0.39, 0.29) is 0 Å². The van der Waals surface area contributed by atoms with E-state index < -0.39 is 0 Å². The summed E-state index contributed by atoms with van der Waals surface area (Å²) in [6, 6.07) is 9.46. The van der Waals surface area contributed by atoms with Crippen LogP contribution in [0.4, 0.5) is 0 Å². The standard InChI is InChI=1S/C14H13NO2/c1-10-5-6-12(11(8-10)9-16)13-4-3-7-15-14(13)17-2/h3-9H,1-2H3. The van der Waals surface area contributed by atoms with Gasteiger partial charge in [-0.3, -0.25) is 4.79 Å². The normalized spacial score (nSPS) is 10.0. The van der Waals surface area contributed by atoms with Crippen LogP contribution in [0.3, 0.4) is 0 Å². The largest absolute Gasteiger partial charge is 0.481 e. The molecule has 0 spiro atoms. The summed E-state index contributed by atoms with van der Waals surface area (Å²) in [5, 5.41) is 0. The van der Waals surface area contributed by atoms with Gasteiger partial charge < -0.3 is 4.74 Å². The van der Waals surface area contributed by atoms with Crippen LogP contribution in [0.5, 0.6) is 5.88 Å². The first-order chi connectivity index (χ1) is 8.26. The predicted octanol–water partition coefficient (Wildman–Crippen LogP) is 2.88. The number of rotatable bonds is 3. The number of carbonyl (C=O) groups is 1. The quantitative estimate of drug-likeness (QED) is 0.757. The first kappa shape index (κ1) is 11.3. The van der Waals surface area contributed by atoms with Crippen LogP contribution in [0.2, 0.25) is 0 Å². The Morgan fingerprint density at radius 2 is 2.06 bits per heavy atom. The molecule has 0 N–H and O–H groups in total. The van der Waals surface area contributed by atoms with Gasteiger partial charge in [0.1, 0.15) is 0 Å². The van der Waals surface area contributed by atoms with Crippen LogP contribution < -0.4 is 4.74 Å². The minimum absolute atomic E-state index is 0.527. The number of aryl methyl sites for hydroxylation is 1. The lowest BCUT2D eigenvalue weighted by Gasteiger charge is -2.09. The average Bonchev–Trinajstić information content (AvgIpc) is 2.38. The second-order valence-corrected chi connectivity index (χ2v) is 3.77. The van der Waals surface area contributed by atoms with Gasteiger partial charge in [-0.2, -0.15) is 0 Å². The van der Waals surface area contributed by atoms with Gasteiger partial charge in [0.15, 0.2) is 6.29 Å². The summed E-state index contributed by atoms with van der Waals surface area (Å²) in [7, 11) is 1.57. The number of pyridine rings is 1. The molecule has 0 aliphatic heterocycles. The van der Waals surface area contributed by atoms with E-state index in [4.69, 9.17) is 4.74 Å². The molecule has 0 bridgehead atoms. The molecule has 3 nitrogen and oxygen atoms in total. The predicted molar refractivity (Wildman–Crippen MR) is 66.3 cm³/mol. The van der Waals surface area contributed by atoms with Gasteiger partial charge in [0, 0.05) is 17.3 Å². The Bertz CT molecular complexity index is 550. The summed E-state index contributed by atoms with van der Waals surface area (Å²) in [5.41, 5.74) is 3.38. The van der Waals surface area contributed by atoms with E-state index in [9.17, 15) is 4.79 Å². The third-order valence-corrected chi connectivity index (χ3v) is 2.59. The van der Waals surface area contributed by atoms with Crippen molar-refractivity contribution in [3.05, 3.63) is 47.7 Å². The van der Waals surface area contributed by atoms with E-state index in [1.54, 1.807) is 13.3 Å². The van der Waals surface area contributed by atoms with E-state index in [1.807, 2.05) is 37.3 Å². The fourth-order valence-electron chi connectivity index (χ4n) is 1.78. The number of aldehydes is 1. The summed E-state index contributed by atoms with van der Waals surface area (Å²) in [6.45, 7) is 1.96. The Morgan fingerprint density at radius 1 is 1.24 bits per heavy atom. The molecule has 2 aromatic rings. The second kappa shape index (κ2) is 4.78. The van der Waals surface area contributed by atoms with Crippen molar-refractivity contribution in [2.45, 2.75) is 6.92 Å². The Hall–Kier alpha value is -2.16. The highest BCUT2D eigenvalue weighted by atomic mass is 16.5. The molecule has 0 aliphatic carbocycles. The highest BCUT2D eigenvalue weighted by Gasteiger charge is 2.10. The molecule has 2 rings (SSSR count). The molecule has 1 aromatic heterocycles. The number of hydrogen-bond donors (Lipinski definition) is 0. The maximum Gasteiger partial charge on any atom is 0.221 e. The summed E-state index contributed by atoms with van der Waals surface area (Å²) < 4.78 is 5.20. The number of nitrogens with zero attached hydrogens (tertiary/aromatic N) is 1. The lowest BCUT2D eigenvalue weighted by Crippen LogP contribution is -1.94. The van der Waals surface area contributed by atoms with Gasteiger partial charge >= 0.3 is 0 Å². The van der Waals surface area contributed by atoms with E-state index in [2.05, 4.69) is 4.98 Å². The zero-order valence-corrected chi connectivity index (χ0v) is 9.81. The number of ether oxygens (including phenoxy) is 1. The first-order valence-electron chi connectivity index (χ1n) is 5.31. The summed E-state index contributed by atoms with van der Waals surface area (Å²) in [6.07, 6.45) is 2.52. The van der Waals surface area contributed by atoms with Crippen molar-refractivity contribution in [2.24, 2.45) is 0 Å². The lowest BCUT2D eigenvalue weighted by atomic mass is 9.99. The van der Waals surface area contributed by atoms with Crippen molar-refractivity contribution >= 4 is 6.29 Å². The van der Waals surface area contributed by atoms with Crippen molar-refractivity contribution in [3.63, 3.8) is 0 Å². The smallest absolute Gasteiger partial charge is 0.221 e. The summed E-state index contributed by atoms with van der Waals surface area (Å²) >= 11 is 0. The maximum absolute atomic E-state index is 11.1. The number of carbonyl (C=O) groups excluding carboxylic acids is 1. The van der Waals surface area contributed by atoms with Gasteiger partial charge in [0.2, 0.25) is 5.88 Å². The molecule has 0 saturated heterocycles. The Kier molecular flexibility index (Phi) is 3.19. The van der Waals surface area contributed by atoms with Gasteiger partial charge in [-0.05, 0) is 30.7 Å². The van der Waals surface area contributed by atoms with E-state index >= 15 is 0 Å². The SMILES string of the molecule is COc1ncccc1-c1ccc(C)cc1C=O. The zero-order valence-electron chi connectivity index (χ0n) is 9.81. The first-order valence-corrected chi connectivity index (χ1v) is 5.31. The van der Waals surface area contributed by atoms with E-state index in [0.29, 0.717) is 11.4 Å². The molecular weight excluding hydrogens is 214 g/mol. The molecule has 0 saturated carbocycles. The molecule has 1 heterocycles. The van der Waals surface area contributed by atoms with Crippen LogP contribution in [-0.2, 0) is 0 Å².